The van der Waals surface area contributed by atoms with Crippen molar-refractivity contribution >= 4 is 0 Å². The van der Waals surface area contributed by atoms with E-state index < -0.39 is 0 Å². The summed E-state index contributed by atoms with van der Waals surface area (Å²) in [5.74, 6) is 0.964. The molecule has 0 amide bonds. The summed E-state index contributed by atoms with van der Waals surface area (Å²) in [7, 11) is 3.82. The number of ether oxygens (including phenoxy) is 1. The Bertz CT molecular complexity index is 475. The molecule has 0 saturated heterocycles. The van der Waals surface area contributed by atoms with Gasteiger partial charge >= 0.3 is 0 Å². The molecule has 0 aliphatic heterocycles. The predicted molar refractivity (Wildman–Crippen MR) is 78.4 cm³/mol. The summed E-state index contributed by atoms with van der Waals surface area (Å²) in [5.41, 5.74) is 5.17. The minimum atomic E-state index is 0.629. The Morgan fingerprint density at radius 2 is 1.95 bits per heavy atom. The van der Waals surface area contributed by atoms with Crippen LogP contribution in [0.4, 0.5) is 0 Å². The molecule has 1 rings (SSSR count). The zero-order valence-electron chi connectivity index (χ0n) is 12.7. The first-order valence-electron chi connectivity index (χ1n) is 6.70. The van der Waals surface area contributed by atoms with E-state index in [2.05, 4.69) is 44.9 Å². The normalized spacial score (nSPS) is 10.6. The van der Waals surface area contributed by atoms with Gasteiger partial charge in [-0.25, -0.2) is 0 Å². The molecule has 19 heavy (non-hydrogen) atoms. The topological polar surface area (TPSA) is 36.3 Å². The maximum Gasteiger partial charge on any atom is 0.122 e. The molecule has 1 aromatic rings. The molecule has 0 atom stereocenters. The molecule has 0 N–H and O–H groups in total. The zero-order chi connectivity index (χ0) is 14.4. The van der Waals surface area contributed by atoms with Gasteiger partial charge in [0.25, 0.3) is 0 Å². The van der Waals surface area contributed by atoms with Gasteiger partial charge in [-0.2, -0.15) is 5.26 Å². The van der Waals surface area contributed by atoms with E-state index in [9.17, 15) is 0 Å². The number of hydrogen-bond acceptors (Lipinski definition) is 3. The molecule has 0 spiro atoms. The Labute approximate surface area is 116 Å². The van der Waals surface area contributed by atoms with Crippen LogP contribution in [0.1, 0.15) is 35.1 Å². The highest BCUT2D eigenvalue weighted by Gasteiger charge is 2.12. The quantitative estimate of drug-likeness (QED) is 0.736. The van der Waals surface area contributed by atoms with E-state index in [1.165, 1.54) is 22.3 Å². The smallest absolute Gasteiger partial charge is 0.122 e. The molecule has 3 heteroatoms. The van der Waals surface area contributed by atoms with Crippen LogP contribution in [0.3, 0.4) is 0 Å². The van der Waals surface area contributed by atoms with Gasteiger partial charge in [-0.15, -0.1) is 0 Å². The van der Waals surface area contributed by atoms with E-state index in [-0.39, 0.29) is 0 Å². The monoisotopic (exact) mass is 260 g/mol. The molecule has 0 bridgehead atoms. The molecule has 0 heterocycles. The SMILES string of the molecule is COc1cc(C)c(CN(C)CCCC#N)c(C)c1C. The van der Waals surface area contributed by atoms with Crippen molar-refractivity contribution in [1.29, 1.82) is 5.26 Å². The predicted octanol–water partition coefficient (Wildman–Crippen LogP) is 3.36. The lowest BCUT2D eigenvalue weighted by Crippen LogP contribution is -2.20. The second-order valence-corrected chi connectivity index (χ2v) is 5.12. The second-order valence-electron chi connectivity index (χ2n) is 5.12. The first-order valence-corrected chi connectivity index (χ1v) is 6.70. The van der Waals surface area contributed by atoms with Crippen LogP contribution in [0.25, 0.3) is 0 Å². The van der Waals surface area contributed by atoms with Crippen molar-refractivity contribution < 1.29 is 4.74 Å². The number of rotatable bonds is 6. The fraction of sp³-hybridized carbons (Fsp3) is 0.562. The minimum Gasteiger partial charge on any atom is -0.496 e. The first-order chi connectivity index (χ1) is 9.01. The van der Waals surface area contributed by atoms with Crippen LogP contribution in [0.2, 0.25) is 0 Å². The van der Waals surface area contributed by atoms with Gasteiger partial charge in [0.2, 0.25) is 0 Å². The third kappa shape index (κ3) is 3.97. The van der Waals surface area contributed by atoms with E-state index in [1.54, 1.807) is 7.11 Å². The first kappa shape index (κ1) is 15.5. The number of methoxy groups -OCH3 is 1. The van der Waals surface area contributed by atoms with Crippen molar-refractivity contribution in [2.24, 2.45) is 0 Å². The molecular formula is C16H24N2O. The van der Waals surface area contributed by atoms with Gasteiger partial charge in [-0.1, -0.05) is 0 Å². The molecule has 0 fully saturated rings. The lowest BCUT2D eigenvalue weighted by Gasteiger charge is -2.21. The number of hydrogen-bond donors (Lipinski definition) is 0. The number of nitrogens with zero attached hydrogens (tertiary/aromatic N) is 2. The summed E-state index contributed by atoms with van der Waals surface area (Å²) in [5, 5.41) is 8.57. The number of nitriles is 1. The Morgan fingerprint density at radius 1 is 1.26 bits per heavy atom. The fourth-order valence-electron chi connectivity index (χ4n) is 2.33. The molecule has 0 aliphatic carbocycles. The summed E-state index contributed by atoms with van der Waals surface area (Å²) in [6, 6.07) is 4.30. The summed E-state index contributed by atoms with van der Waals surface area (Å²) < 4.78 is 5.40. The maximum absolute atomic E-state index is 8.57. The largest absolute Gasteiger partial charge is 0.496 e. The Kier molecular flexibility index (Phi) is 5.85. The van der Waals surface area contributed by atoms with Gasteiger partial charge in [0.05, 0.1) is 13.2 Å². The van der Waals surface area contributed by atoms with Crippen molar-refractivity contribution in [3.63, 3.8) is 0 Å². The molecule has 1 aromatic carbocycles. The summed E-state index contributed by atoms with van der Waals surface area (Å²) in [4.78, 5) is 2.28. The molecule has 0 aromatic heterocycles. The standard InChI is InChI=1S/C16H24N2O/c1-12-10-16(19-5)14(3)13(2)15(12)11-18(4)9-7-6-8-17/h10H,6-7,9,11H2,1-5H3. The third-order valence-electron chi connectivity index (χ3n) is 3.68. The van der Waals surface area contributed by atoms with Crippen molar-refractivity contribution in [2.75, 3.05) is 20.7 Å². The molecular weight excluding hydrogens is 236 g/mol. The van der Waals surface area contributed by atoms with E-state index >= 15 is 0 Å². The number of aryl methyl sites for hydroxylation is 1. The summed E-state index contributed by atoms with van der Waals surface area (Å²) in [6.45, 7) is 8.27. The highest BCUT2D eigenvalue weighted by Crippen LogP contribution is 2.28. The van der Waals surface area contributed by atoms with Crippen LogP contribution in [0.5, 0.6) is 5.75 Å². The molecule has 3 nitrogen and oxygen atoms in total. The van der Waals surface area contributed by atoms with Gasteiger partial charge in [0.1, 0.15) is 5.75 Å². The lowest BCUT2D eigenvalue weighted by atomic mass is 9.97. The summed E-state index contributed by atoms with van der Waals surface area (Å²) in [6.07, 6.45) is 1.56. The van der Waals surface area contributed by atoms with Crippen LogP contribution in [0.15, 0.2) is 6.07 Å². The van der Waals surface area contributed by atoms with E-state index in [0.29, 0.717) is 6.42 Å². The van der Waals surface area contributed by atoms with Gasteiger partial charge in [0, 0.05) is 13.0 Å². The lowest BCUT2D eigenvalue weighted by molar-refractivity contribution is 0.322. The second kappa shape index (κ2) is 7.16. The average Bonchev–Trinajstić information content (AvgIpc) is 2.39. The molecule has 0 unspecified atom stereocenters. The molecule has 104 valence electrons. The summed E-state index contributed by atoms with van der Waals surface area (Å²) >= 11 is 0. The Hall–Kier alpha value is -1.53. The minimum absolute atomic E-state index is 0.629. The molecule has 0 radical (unpaired) electrons. The average molecular weight is 260 g/mol. The highest BCUT2D eigenvalue weighted by atomic mass is 16.5. The van der Waals surface area contributed by atoms with Crippen LogP contribution in [-0.2, 0) is 6.54 Å². The van der Waals surface area contributed by atoms with Crippen molar-refractivity contribution in [1.82, 2.24) is 4.90 Å². The maximum atomic E-state index is 8.57. The van der Waals surface area contributed by atoms with Crippen molar-refractivity contribution in [2.45, 2.75) is 40.2 Å². The Balaban J connectivity index is 2.84. The van der Waals surface area contributed by atoms with Crippen molar-refractivity contribution in [3.05, 3.63) is 28.3 Å². The highest BCUT2D eigenvalue weighted by molar-refractivity contribution is 5.48. The van der Waals surface area contributed by atoms with Crippen LogP contribution in [-0.4, -0.2) is 25.6 Å². The van der Waals surface area contributed by atoms with E-state index in [0.717, 1.165) is 25.3 Å². The number of benzene rings is 1. The van der Waals surface area contributed by atoms with E-state index in [1.807, 2.05) is 0 Å². The zero-order valence-corrected chi connectivity index (χ0v) is 12.7. The van der Waals surface area contributed by atoms with Gasteiger partial charge in [-0.3, -0.25) is 0 Å². The number of unbranched alkanes of at least 4 members (excludes halogenated alkanes) is 1. The molecule has 0 aliphatic rings. The van der Waals surface area contributed by atoms with E-state index in [4.69, 9.17) is 10.00 Å². The van der Waals surface area contributed by atoms with Crippen LogP contribution >= 0.6 is 0 Å². The third-order valence-corrected chi connectivity index (χ3v) is 3.68. The van der Waals surface area contributed by atoms with Crippen molar-refractivity contribution in [3.8, 4) is 11.8 Å². The Morgan fingerprint density at radius 3 is 2.53 bits per heavy atom. The molecule has 0 saturated carbocycles. The van der Waals surface area contributed by atoms with Gasteiger partial charge in [-0.05, 0) is 69.1 Å². The fourth-order valence-corrected chi connectivity index (χ4v) is 2.33. The van der Waals surface area contributed by atoms with Crippen LogP contribution in [0, 0.1) is 32.1 Å². The van der Waals surface area contributed by atoms with Crippen LogP contribution < -0.4 is 4.74 Å². The van der Waals surface area contributed by atoms with Gasteiger partial charge < -0.3 is 9.64 Å². The van der Waals surface area contributed by atoms with Gasteiger partial charge in [0.15, 0.2) is 0 Å².